The second kappa shape index (κ2) is 25.6. The molecule has 31 nitrogen and oxygen atoms in total. The highest BCUT2D eigenvalue weighted by atomic mass is 32.2. The summed E-state index contributed by atoms with van der Waals surface area (Å²) < 4.78 is 89.9. The molecule has 8 rings (SSSR count). The molecular weight excluding hydrogens is 1210 g/mol. The molecule has 0 atom stereocenters. The molecule has 8 aromatic rings. The van der Waals surface area contributed by atoms with Gasteiger partial charge in [-0.05, 0) is 98.5 Å². The predicted molar refractivity (Wildman–Crippen MR) is 297 cm³/mol. The summed E-state index contributed by atoms with van der Waals surface area (Å²) >= 11 is 6.85. The maximum Gasteiger partial charge on any atom is 0.336 e. The predicted octanol–water partition coefficient (Wildman–Crippen LogP) is 10.7. The van der Waals surface area contributed by atoms with Crippen molar-refractivity contribution in [3.05, 3.63) is 149 Å². The van der Waals surface area contributed by atoms with E-state index in [4.69, 9.17) is 19.2 Å². The molecule has 438 valence electrons. The van der Waals surface area contributed by atoms with Crippen molar-refractivity contribution in [1.29, 1.82) is 0 Å². The number of aromatic hydroxyl groups is 2. The van der Waals surface area contributed by atoms with Crippen LogP contribution in [-0.2, 0) is 39.0 Å². The third-order valence-electron chi connectivity index (χ3n) is 11.7. The summed E-state index contributed by atoms with van der Waals surface area (Å²) in [5.41, 5.74) is -4.30. The van der Waals surface area contributed by atoms with Crippen LogP contribution in [0.2, 0.25) is 0 Å². The zero-order valence-corrected chi connectivity index (χ0v) is 46.0. The number of phenolic OH excluding ortho intramolecular Hbond substituents is 2. The van der Waals surface area contributed by atoms with Crippen molar-refractivity contribution in [1.82, 2.24) is 0 Å². The highest BCUT2D eigenvalue weighted by Gasteiger charge is 2.28. The van der Waals surface area contributed by atoms with Gasteiger partial charge in [0.15, 0.2) is 28.7 Å². The molecule has 85 heavy (non-hydrogen) atoms. The Labute approximate surface area is 486 Å². The number of azo groups is 3. The van der Waals surface area contributed by atoms with Gasteiger partial charge < -0.3 is 55.5 Å². The number of carboxylic acid groups (broad SMARTS) is 2. The molecule has 0 radical (unpaired) electrons. The Balaban J connectivity index is 1.12. The first-order chi connectivity index (χ1) is 40.4. The molecule has 0 heterocycles. The van der Waals surface area contributed by atoms with Crippen LogP contribution in [0, 0.1) is 5.21 Å². The molecule has 8 aromatic carbocycles. The summed E-state index contributed by atoms with van der Waals surface area (Å²) in [7, 11) is -7.87. The standard InChI is InChI=1S/C50H36N8O23S4/c1-74-37-19-25(11-13-33(37)53-55-43-39(77-79-81-83)17-24-16-28(84(68,69)70)22-36(42(24)45(43)59)52-48(62)30-8-4-6-10-32(30)50(65)66)57-58(67)26-12-14-34(38(20-26)75-2)54-56-44-40(85(71,72)73)18-23-15-27(76-78-80-82)21-35(41(23)46(44)60)51-47(61)29-7-3-5-9-31(29)49(63)64/h3-22,59-60,82-83H,1-2H3,(H,51,61)(H,52,62)(H,63,64)(H,65,66)(H,68,69,70)(H,71,72,73). The molecule has 0 fully saturated rings. The summed E-state index contributed by atoms with van der Waals surface area (Å²) in [5, 5.41) is 89.0. The van der Waals surface area contributed by atoms with Crippen molar-refractivity contribution in [2.24, 2.45) is 25.6 Å². The molecule has 0 unspecified atom stereocenters. The highest BCUT2D eigenvalue weighted by Crippen LogP contribution is 2.49. The van der Waals surface area contributed by atoms with Crippen LogP contribution in [-0.4, -0.2) is 89.2 Å². The SMILES string of the molecule is COc1cc(N=[N+]([O-])c2ccc(N=Nc3c(S(=O)(=O)O)cc4cc(OOOS)cc(NC(=O)c5ccccc5C(=O)O)c4c3O)c(OC)c2)ccc1N=Nc1c(OOOS)cc2cc(S(=O)(=O)O)cc(NC(=O)c3ccccc3C(=O)O)c2c1O. The first-order valence-electron chi connectivity index (χ1n) is 23.0. The number of amides is 2. The Hall–Kier alpha value is -10.1. The van der Waals surface area contributed by atoms with E-state index in [1.165, 1.54) is 80.9 Å². The lowest BCUT2D eigenvalue weighted by Crippen LogP contribution is -2.17. The van der Waals surface area contributed by atoms with E-state index in [2.05, 4.69) is 80.8 Å². The lowest BCUT2D eigenvalue weighted by molar-refractivity contribution is -0.435. The van der Waals surface area contributed by atoms with Crippen molar-refractivity contribution in [2.75, 3.05) is 24.9 Å². The Morgan fingerprint density at radius 3 is 1.61 bits per heavy atom. The topological polar surface area (TPSA) is 444 Å². The molecule has 0 aromatic heterocycles. The Kier molecular flexibility index (Phi) is 18.4. The van der Waals surface area contributed by atoms with E-state index in [1.54, 1.807) is 0 Å². The number of carbonyl (C=O) groups excluding carboxylic acids is 2. The summed E-state index contributed by atoms with van der Waals surface area (Å²) in [6, 6.07) is 23.1. The number of benzene rings is 8. The van der Waals surface area contributed by atoms with E-state index >= 15 is 0 Å². The van der Waals surface area contributed by atoms with Crippen molar-refractivity contribution in [2.45, 2.75) is 9.79 Å². The lowest BCUT2D eigenvalue weighted by Gasteiger charge is -2.15. The fourth-order valence-electron chi connectivity index (χ4n) is 8.04. The van der Waals surface area contributed by atoms with E-state index in [0.717, 1.165) is 54.6 Å². The van der Waals surface area contributed by atoms with Crippen molar-refractivity contribution >= 4 is 137 Å². The van der Waals surface area contributed by atoms with Gasteiger partial charge >= 0.3 is 11.9 Å². The number of anilines is 2. The van der Waals surface area contributed by atoms with Crippen molar-refractivity contribution in [3.8, 4) is 34.5 Å². The average Bonchev–Trinajstić information content (AvgIpc) is 1.09. The number of thiol groups is 2. The van der Waals surface area contributed by atoms with Gasteiger partial charge in [0.25, 0.3) is 32.1 Å². The fourth-order valence-corrected chi connectivity index (χ4v) is 9.30. The van der Waals surface area contributed by atoms with E-state index in [0.29, 0.717) is 0 Å². The van der Waals surface area contributed by atoms with Crippen LogP contribution in [0.1, 0.15) is 41.4 Å². The molecule has 8 N–H and O–H groups in total. The largest absolute Gasteiger partial charge is 0.594 e. The quantitative estimate of drug-likeness (QED) is 0.00573. The normalized spacial score (nSPS) is 12.0. The zero-order chi connectivity index (χ0) is 61.5. The number of rotatable bonds is 22. The third-order valence-corrected chi connectivity index (χ3v) is 13.5. The molecule has 0 bridgehead atoms. The smallest absolute Gasteiger partial charge is 0.336 e. The number of carboxylic acids is 2. The molecule has 0 saturated heterocycles. The third kappa shape index (κ3) is 13.6. The molecule has 0 spiro atoms. The van der Waals surface area contributed by atoms with Crippen LogP contribution in [0.5, 0.6) is 34.5 Å². The van der Waals surface area contributed by atoms with Gasteiger partial charge in [0, 0.05) is 59.9 Å². The maximum atomic E-state index is 13.6. The molecule has 35 heteroatoms. The Morgan fingerprint density at radius 1 is 0.565 bits per heavy atom. The van der Waals surface area contributed by atoms with E-state index in [1.807, 2.05) is 0 Å². The summed E-state index contributed by atoms with van der Waals surface area (Å²) in [5.74, 6) is -7.93. The minimum atomic E-state index is -5.26. The minimum absolute atomic E-state index is 0.0580. The number of ether oxygens (including phenoxy) is 2. The van der Waals surface area contributed by atoms with Crippen LogP contribution in [0.25, 0.3) is 21.5 Å². The number of hydrogen-bond donors (Lipinski definition) is 10. The molecule has 0 aliphatic rings. The van der Waals surface area contributed by atoms with Crippen LogP contribution in [0.15, 0.2) is 157 Å². The molecule has 0 aliphatic heterocycles. The van der Waals surface area contributed by atoms with Gasteiger partial charge in [0.05, 0.1) is 58.8 Å². The highest BCUT2D eigenvalue weighted by molar-refractivity contribution is 7.86. The van der Waals surface area contributed by atoms with E-state index in [-0.39, 0.29) is 83.2 Å². The summed E-state index contributed by atoms with van der Waals surface area (Å²) in [4.78, 5) is 59.2. The summed E-state index contributed by atoms with van der Waals surface area (Å²) in [6.07, 6.45) is 0. The molecule has 0 aliphatic carbocycles. The fraction of sp³-hybridized carbons (Fsp3) is 0.0400. The van der Waals surface area contributed by atoms with Gasteiger partial charge in [-0.1, -0.05) is 24.3 Å². The maximum absolute atomic E-state index is 13.6. The van der Waals surface area contributed by atoms with Gasteiger partial charge in [0.2, 0.25) is 11.4 Å². The summed E-state index contributed by atoms with van der Waals surface area (Å²) in [6.45, 7) is 0. The number of phenols is 2. The Bertz CT molecular complexity index is 4380. The van der Waals surface area contributed by atoms with Crippen molar-refractivity contribution < 1.29 is 108 Å². The molecule has 0 saturated carbocycles. The van der Waals surface area contributed by atoms with Crippen LogP contribution in [0.3, 0.4) is 0 Å². The van der Waals surface area contributed by atoms with Crippen LogP contribution < -0.4 is 29.9 Å². The van der Waals surface area contributed by atoms with Gasteiger partial charge in [-0.25, -0.2) is 9.59 Å². The van der Waals surface area contributed by atoms with Crippen LogP contribution in [0.4, 0.5) is 45.5 Å². The second-order valence-corrected chi connectivity index (χ2v) is 19.9. The Morgan fingerprint density at radius 2 is 1.07 bits per heavy atom. The number of carbonyl (C=O) groups is 4. The number of nitrogens with zero attached hydrogens (tertiary/aromatic N) is 6. The monoisotopic (exact) mass is 1240 g/mol. The van der Waals surface area contributed by atoms with Gasteiger partial charge in [-0.15, -0.1) is 29.1 Å². The van der Waals surface area contributed by atoms with Crippen LogP contribution >= 0.6 is 25.8 Å². The average molecular weight is 1250 g/mol. The number of nitrogens with one attached hydrogen (secondary N) is 2. The number of fused-ring (bicyclic) bond motifs is 2. The first kappa shape index (κ1) is 61.0. The van der Waals surface area contributed by atoms with Crippen molar-refractivity contribution in [3.63, 3.8) is 0 Å². The number of aromatic carboxylic acids is 2. The number of methoxy groups -OCH3 is 2. The molecule has 2 amide bonds. The van der Waals surface area contributed by atoms with Gasteiger partial charge in [0.1, 0.15) is 33.4 Å². The lowest BCUT2D eigenvalue weighted by atomic mass is 10.0. The van der Waals surface area contributed by atoms with Gasteiger partial charge in [-0.3, -0.25) is 18.7 Å². The zero-order valence-electron chi connectivity index (χ0n) is 42.6. The van der Waals surface area contributed by atoms with Gasteiger partial charge in [-0.2, -0.15) is 16.8 Å². The molecular formula is C50H36N8O23S4. The van der Waals surface area contributed by atoms with E-state index in [9.17, 15) is 70.8 Å². The first-order valence-corrected chi connectivity index (χ1v) is 26.6. The van der Waals surface area contributed by atoms with E-state index < -0.39 is 99.2 Å². The minimum Gasteiger partial charge on any atom is -0.594 e. The number of hydrogen-bond acceptors (Lipinski definition) is 26. The second-order valence-electron chi connectivity index (χ2n) is 16.8.